The summed E-state index contributed by atoms with van der Waals surface area (Å²) in [6, 6.07) is 8.46. The molecule has 0 amide bonds. The van der Waals surface area contributed by atoms with Crippen molar-refractivity contribution in [1.29, 1.82) is 0 Å². The highest BCUT2D eigenvalue weighted by Gasteiger charge is 2.03. The van der Waals surface area contributed by atoms with Crippen molar-refractivity contribution in [1.82, 2.24) is 4.98 Å². The lowest BCUT2D eigenvalue weighted by molar-refractivity contribution is 0.477. The SMILES string of the molecule is Nc1ccc(CNc2ccc(Cl)nc2Cl)cc1O. The van der Waals surface area contributed by atoms with Gasteiger partial charge in [0.2, 0.25) is 0 Å². The molecule has 0 aliphatic rings. The Morgan fingerprint density at radius 1 is 1.22 bits per heavy atom. The van der Waals surface area contributed by atoms with Gasteiger partial charge in [-0.1, -0.05) is 29.3 Å². The van der Waals surface area contributed by atoms with Crippen LogP contribution in [0, 0.1) is 0 Å². The summed E-state index contributed by atoms with van der Waals surface area (Å²) in [5, 5.41) is 13.2. The van der Waals surface area contributed by atoms with E-state index >= 15 is 0 Å². The first-order valence-electron chi connectivity index (χ1n) is 5.19. The van der Waals surface area contributed by atoms with Gasteiger partial charge in [0.1, 0.15) is 10.9 Å². The molecule has 0 aliphatic heterocycles. The molecule has 1 aromatic heterocycles. The summed E-state index contributed by atoms with van der Waals surface area (Å²) in [6.45, 7) is 0.497. The van der Waals surface area contributed by atoms with Crippen LogP contribution >= 0.6 is 23.2 Å². The number of nitrogens with zero attached hydrogens (tertiary/aromatic N) is 1. The maximum atomic E-state index is 9.48. The molecular weight excluding hydrogens is 273 g/mol. The minimum absolute atomic E-state index is 0.0645. The number of pyridine rings is 1. The van der Waals surface area contributed by atoms with E-state index in [2.05, 4.69) is 10.3 Å². The molecule has 0 bridgehead atoms. The van der Waals surface area contributed by atoms with Crippen molar-refractivity contribution in [3.63, 3.8) is 0 Å². The molecule has 6 heteroatoms. The van der Waals surface area contributed by atoms with Crippen LogP contribution < -0.4 is 11.1 Å². The van der Waals surface area contributed by atoms with E-state index < -0.39 is 0 Å². The molecule has 4 nitrogen and oxygen atoms in total. The third kappa shape index (κ3) is 2.97. The number of anilines is 2. The van der Waals surface area contributed by atoms with E-state index in [0.29, 0.717) is 28.2 Å². The van der Waals surface area contributed by atoms with Gasteiger partial charge in [-0.2, -0.15) is 0 Å². The third-order valence-electron chi connectivity index (χ3n) is 2.39. The van der Waals surface area contributed by atoms with Gasteiger partial charge in [0.15, 0.2) is 5.15 Å². The zero-order chi connectivity index (χ0) is 13.1. The lowest BCUT2D eigenvalue weighted by Crippen LogP contribution is -2.01. The van der Waals surface area contributed by atoms with Crippen LogP contribution in [-0.2, 0) is 6.54 Å². The fourth-order valence-electron chi connectivity index (χ4n) is 1.44. The van der Waals surface area contributed by atoms with Gasteiger partial charge < -0.3 is 16.2 Å². The Hall–Kier alpha value is -1.65. The fraction of sp³-hybridized carbons (Fsp3) is 0.0833. The number of nitrogens with two attached hydrogens (primary N) is 1. The highest BCUT2D eigenvalue weighted by molar-refractivity contribution is 6.34. The smallest absolute Gasteiger partial charge is 0.153 e. The molecule has 0 fully saturated rings. The molecule has 0 unspecified atom stereocenters. The van der Waals surface area contributed by atoms with Crippen LogP contribution in [0.2, 0.25) is 10.3 Å². The second-order valence-electron chi connectivity index (χ2n) is 3.72. The van der Waals surface area contributed by atoms with Crippen molar-refractivity contribution < 1.29 is 5.11 Å². The average molecular weight is 284 g/mol. The van der Waals surface area contributed by atoms with Crippen LogP contribution in [0.1, 0.15) is 5.56 Å². The third-order valence-corrected chi connectivity index (χ3v) is 2.89. The molecular formula is C12H11Cl2N3O. The number of phenolic OH excluding ortho intramolecular Hbond substituents is 1. The second kappa shape index (κ2) is 5.33. The molecule has 0 aliphatic carbocycles. The van der Waals surface area contributed by atoms with Crippen LogP contribution in [-0.4, -0.2) is 10.1 Å². The highest BCUT2D eigenvalue weighted by atomic mass is 35.5. The fourth-order valence-corrected chi connectivity index (χ4v) is 1.85. The molecule has 0 atom stereocenters. The number of phenols is 1. The van der Waals surface area contributed by atoms with Gasteiger partial charge in [-0.15, -0.1) is 0 Å². The molecule has 0 radical (unpaired) electrons. The Bertz CT molecular complexity index is 575. The topological polar surface area (TPSA) is 71.2 Å². The Labute approximate surface area is 114 Å². The Morgan fingerprint density at radius 2 is 2.00 bits per heavy atom. The summed E-state index contributed by atoms with van der Waals surface area (Å²) >= 11 is 11.6. The average Bonchev–Trinajstić information content (AvgIpc) is 2.32. The van der Waals surface area contributed by atoms with Gasteiger partial charge in [-0.05, 0) is 29.8 Å². The molecule has 0 saturated carbocycles. The Kier molecular flexibility index (Phi) is 3.79. The monoisotopic (exact) mass is 283 g/mol. The van der Waals surface area contributed by atoms with E-state index in [1.54, 1.807) is 24.3 Å². The van der Waals surface area contributed by atoms with Crippen molar-refractivity contribution in [3.05, 3.63) is 46.2 Å². The molecule has 2 aromatic rings. The molecule has 1 heterocycles. The van der Waals surface area contributed by atoms with Gasteiger partial charge in [0, 0.05) is 6.54 Å². The molecule has 18 heavy (non-hydrogen) atoms. The predicted molar refractivity (Wildman–Crippen MR) is 74.1 cm³/mol. The minimum atomic E-state index is 0.0645. The minimum Gasteiger partial charge on any atom is -0.506 e. The summed E-state index contributed by atoms with van der Waals surface area (Å²) in [4.78, 5) is 3.92. The summed E-state index contributed by atoms with van der Waals surface area (Å²) in [5.74, 6) is 0.0645. The second-order valence-corrected chi connectivity index (χ2v) is 4.46. The summed E-state index contributed by atoms with van der Waals surface area (Å²) < 4.78 is 0. The summed E-state index contributed by atoms with van der Waals surface area (Å²) in [5.41, 5.74) is 7.43. The van der Waals surface area contributed by atoms with Crippen molar-refractivity contribution >= 4 is 34.6 Å². The quantitative estimate of drug-likeness (QED) is 0.459. The summed E-state index contributed by atoms with van der Waals surface area (Å²) in [6.07, 6.45) is 0. The molecule has 0 spiro atoms. The summed E-state index contributed by atoms with van der Waals surface area (Å²) in [7, 11) is 0. The highest BCUT2D eigenvalue weighted by Crippen LogP contribution is 2.24. The largest absolute Gasteiger partial charge is 0.506 e. The number of aromatic nitrogens is 1. The number of halogens is 2. The number of nitrogens with one attached hydrogen (secondary N) is 1. The normalized spacial score (nSPS) is 10.3. The van der Waals surface area contributed by atoms with Gasteiger partial charge >= 0.3 is 0 Å². The van der Waals surface area contributed by atoms with E-state index in [9.17, 15) is 5.11 Å². The van der Waals surface area contributed by atoms with Crippen LogP contribution in [0.4, 0.5) is 11.4 Å². The predicted octanol–water partition coefficient (Wildman–Crippen LogP) is 3.29. The number of aromatic hydroxyl groups is 1. The first-order chi connectivity index (χ1) is 8.56. The maximum Gasteiger partial charge on any atom is 0.153 e. The molecule has 4 N–H and O–H groups in total. The van der Waals surface area contributed by atoms with E-state index in [1.165, 1.54) is 0 Å². The Balaban J connectivity index is 2.09. The molecule has 0 saturated heterocycles. The lowest BCUT2D eigenvalue weighted by atomic mass is 10.2. The van der Waals surface area contributed by atoms with E-state index in [-0.39, 0.29) is 5.75 Å². The van der Waals surface area contributed by atoms with Crippen molar-refractivity contribution in [3.8, 4) is 5.75 Å². The van der Waals surface area contributed by atoms with E-state index in [1.807, 2.05) is 6.07 Å². The number of hydrogen-bond donors (Lipinski definition) is 3. The number of hydrogen-bond acceptors (Lipinski definition) is 4. The van der Waals surface area contributed by atoms with Crippen molar-refractivity contribution in [2.45, 2.75) is 6.54 Å². The molecule has 1 aromatic carbocycles. The van der Waals surface area contributed by atoms with Crippen molar-refractivity contribution in [2.75, 3.05) is 11.1 Å². The van der Waals surface area contributed by atoms with Gasteiger partial charge in [0.25, 0.3) is 0 Å². The lowest BCUT2D eigenvalue weighted by Gasteiger charge is -2.09. The van der Waals surface area contributed by atoms with Gasteiger partial charge in [-0.3, -0.25) is 0 Å². The van der Waals surface area contributed by atoms with Crippen LogP contribution in [0.5, 0.6) is 5.75 Å². The number of benzene rings is 1. The molecule has 2 rings (SSSR count). The first kappa shape index (κ1) is 12.8. The standard InChI is InChI=1S/C12H11Cl2N3O/c13-11-4-3-9(12(14)17-11)16-6-7-1-2-8(15)10(18)5-7/h1-5,16,18H,6,15H2. The van der Waals surface area contributed by atoms with Crippen molar-refractivity contribution in [2.24, 2.45) is 0 Å². The van der Waals surface area contributed by atoms with E-state index in [4.69, 9.17) is 28.9 Å². The molecule has 94 valence electrons. The van der Waals surface area contributed by atoms with Crippen LogP contribution in [0.15, 0.2) is 30.3 Å². The number of nitrogen functional groups attached to an aromatic ring is 1. The zero-order valence-electron chi connectivity index (χ0n) is 9.32. The van der Waals surface area contributed by atoms with E-state index in [0.717, 1.165) is 5.56 Å². The zero-order valence-corrected chi connectivity index (χ0v) is 10.8. The van der Waals surface area contributed by atoms with Gasteiger partial charge in [-0.25, -0.2) is 4.98 Å². The van der Waals surface area contributed by atoms with Gasteiger partial charge in [0.05, 0.1) is 11.4 Å². The Morgan fingerprint density at radius 3 is 2.67 bits per heavy atom. The van der Waals surface area contributed by atoms with Crippen LogP contribution in [0.25, 0.3) is 0 Å². The first-order valence-corrected chi connectivity index (χ1v) is 5.95. The van der Waals surface area contributed by atoms with Crippen LogP contribution in [0.3, 0.4) is 0 Å². The maximum absolute atomic E-state index is 9.48. The number of rotatable bonds is 3.